The Hall–Kier alpha value is -1.61. The number of benzene rings is 1. The number of hydrogen-bond acceptors (Lipinski definition) is 3. The number of fused-ring (bicyclic) bond motifs is 1. The molecule has 1 aromatic carbocycles. The summed E-state index contributed by atoms with van der Waals surface area (Å²) in [4.78, 5) is 9.11. The zero-order valence-electron chi connectivity index (χ0n) is 12.6. The van der Waals surface area contributed by atoms with E-state index in [2.05, 4.69) is 53.4 Å². The molecule has 1 aliphatic carbocycles. The van der Waals surface area contributed by atoms with Crippen molar-refractivity contribution in [2.24, 2.45) is 0 Å². The number of nitrogens with one attached hydrogen (secondary N) is 1. The second-order valence-electron chi connectivity index (χ2n) is 5.95. The van der Waals surface area contributed by atoms with Gasteiger partial charge in [-0.2, -0.15) is 0 Å². The molecular weight excluding hydrogens is 282 g/mol. The molecule has 110 valence electrons. The average Bonchev–Trinajstić information content (AvgIpc) is 2.75. The average molecular weight is 302 g/mol. The van der Waals surface area contributed by atoms with Crippen LogP contribution >= 0.6 is 11.6 Å². The Bertz CT molecular complexity index is 654. The summed E-state index contributed by atoms with van der Waals surface area (Å²) in [7, 11) is 0. The molecule has 3 nitrogen and oxygen atoms in total. The molecule has 0 saturated heterocycles. The lowest BCUT2D eigenvalue weighted by Crippen LogP contribution is -2.18. The van der Waals surface area contributed by atoms with Crippen LogP contribution in [0.2, 0.25) is 0 Å². The van der Waals surface area contributed by atoms with Crippen molar-refractivity contribution in [1.29, 1.82) is 0 Å². The lowest BCUT2D eigenvalue weighted by atomic mass is 10.1. The molecule has 0 aliphatic heterocycles. The molecule has 2 atom stereocenters. The monoisotopic (exact) mass is 301 g/mol. The van der Waals surface area contributed by atoms with Crippen LogP contribution in [0, 0.1) is 6.92 Å². The minimum atomic E-state index is 0.0557. The van der Waals surface area contributed by atoms with Gasteiger partial charge in [0, 0.05) is 17.7 Å². The predicted molar refractivity (Wildman–Crippen MR) is 87.0 cm³/mol. The van der Waals surface area contributed by atoms with E-state index < -0.39 is 0 Å². The maximum absolute atomic E-state index is 6.53. The first-order chi connectivity index (χ1) is 10.0. The van der Waals surface area contributed by atoms with Crippen LogP contribution in [0.25, 0.3) is 0 Å². The van der Waals surface area contributed by atoms with E-state index in [1.54, 1.807) is 0 Å². The van der Waals surface area contributed by atoms with Gasteiger partial charge in [-0.05, 0) is 24.5 Å². The van der Waals surface area contributed by atoms with Crippen molar-refractivity contribution < 1.29 is 0 Å². The SMILES string of the molecule is Cc1cc(NC2c3ccccc3CC2Cl)nc(C(C)C)n1. The zero-order chi connectivity index (χ0) is 15.0. The van der Waals surface area contributed by atoms with Gasteiger partial charge in [0.25, 0.3) is 0 Å². The largest absolute Gasteiger partial charge is 0.362 e. The number of aryl methyl sites for hydroxylation is 1. The standard InChI is InChI=1S/C17H20ClN3/c1-10(2)17-19-11(3)8-15(21-17)20-16-13-7-5-4-6-12(13)9-14(16)18/h4-8,10,14,16H,9H2,1-3H3,(H,19,20,21). The van der Waals surface area contributed by atoms with Gasteiger partial charge in [0.2, 0.25) is 0 Å². The summed E-state index contributed by atoms with van der Waals surface area (Å²) in [5.74, 6) is 2.04. The van der Waals surface area contributed by atoms with Crippen LogP contribution in [0.3, 0.4) is 0 Å². The summed E-state index contributed by atoms with van der Waals surface area (Å²) >= 11 is 6.53. The lowest BCUT2D eigenvalue weighted by Gasteiger charge is -2.19. The highest BCUT2D eigenvalue weighted by molar-refractivity contribution is 6.21. The summed E-state index contributed by atoms with van der Waals surface area (Å²) in [5, 5.41) is 3.56. The second-order valence-corrected chi connectivity index (χ2v) is 6.51. The van der Waals surface area contributed by atoms with E-state index in [0.29, 0.717) is 5.92 Å². The van der Waals surface area contributed by atoms with E-state index in [1.165, 1.54) is 11.1 Å². The molecule has 4 heteroatoms. The molecule has 1 aromatic heterocycles. The highest BCUT2D eigenvalue weighted by Gasteiger charge is 2.31. The first kappa shape index (κ1) is 14.3. The molecular formula is C17H20ClN3. The number of hydrogen-bond donors (Lipinski definition) is 1. The third kappa shape index (κ3) is 2.88. The van der Waals surface area contributed by atoms with E-state index in [0.717, 1.165) is 23.8 Å². The van der Waals surface area contributed by atoms with Gasteiger partial charge in [0.1, 0.15) is 11.6 Å². The minimum Gasteiger partial charge on any atom is -0.362 e. The summed E-state index contributed by atoms with van der Waals surface area (Å²) in [6.45, 7) is 6.21. The maximum Gasteiger partial charge on any atom is 0.133 e. The van der Waals surface area contributed by atoms with Crippen LogP contribution in [-0.4, -0.2) is 15.3 Å². The molecule has 0 spiro atoms. The first-order valence-corrected chi connectivity index (χ1v) is 7.82. The van der Waals surface area contributed by atoms with Gasteiger partial charge in [0.05, 0.1) is 11.4 Å². The van der Waals surface area contributed by atoms with Gasteiger partial charge < -0.3 is 5.32 Å². The van der Waals surface area contributed by atoms with Gasteiger partial charge >= 0.3 is 0 Å². The second kappa shape index (κ2) is 5.64. The third-order valence-electron chi connectivity index (χ3n) is 3.86. The van der Waals surface area contributed by atoms with Crippen molar-refractivity contribution in [3.8, 4) is 0 Å². The molecule has 0 bridgehead atoms. The smallest absolute Gasteiger partial charge is 0.133 e. The van der Waals surface area contributed by atoms with Crippen molar-refractivity contribution in [3.63, 3.8) is 0 Å². The molecule has 1 heterocycles. The molecule has 0 saturated carbocycles. The molecule has 1 aliphatic rings. The fourth-order valence-electron chi connectivity index (χ4n) is 2.80. The Kier molecular flexibility index (Phi) is 3.85. The number of anilines is 1. The van der Waals surface area contributed by atoms with E-state index in [1.807, 2.05) is 13.0 Å². The maximum atomic E-state index is 6.53. The van der Waals surface area contributed by atoms with E-state index in [-0.39, 0.29) is 11.4 Å². The van der Waals surface area contributed by atoms with Gasteiger partial charge in [-0.1, -0.05) is 38.1 Å². The fourth-order valence-corrected chi connectivity index (χ4v) is 3.16. The van der Waals surface area contributed by atoms with Crippen LogP contribution in [0.1, 0.15) is 48.5 Å². The van der Waals surface area contributed by atoms with E-state index >= 15 is 0 Å². The topological polar surface area (TPSA) is 37.8 Å². The lowest BCUT2D eigenvalue weighted by molar-refractivity contribution is 0.741. The summed E-state index contributed by atoms with van der Waals surface area (Å²) in [5.41, 5.74) is 3.58. The van der Waals surface area contributed by atoms with Crippen molar-refractivity contribution in [2.75, 3.05) is 5.32 Å². The minimum absolute atomic E-state index is 0.0557. The molecule has 1 N–H and O–H groups in total. The molecule has 0 fully saturated rings. The Morgan fingerprint density at radius 1 is 1.24 bits per heavy atom. The molecule has 2 unspecified atom stereocenters. The summed E-state index contributed by atoms with van der Waals surface area (Å²) < 4.78 is 0. The van der Waals surface area contributed by atoms with Crippen molar-refractivity contribution >= 4 is 17.4 Å². The van der Waals surface area contributed by atoms with E-state index in [4.69, 9.17) is 11.6 Å². The predicted octanol–water partition coefficient (Wildman–Crippen LogP) is 4.23. The molecule has 2 aromatic rings. The quantitative estimate of drug-likeness (QED) is 0.862. The molecule has 21 heavy (non-hydrogen) atoms. The molecule has 3 rings (SSSR count). The summed E-state index contributed by atoms with van der Waals surface area (Å²) in [6, 6.07) is 10.5. The highest BCUT2D eigenvalue weighted by Crippen LogP contribution is 2.36. The van der Waals surface area contributed by atoms with Crippen LogP contribution in [0.15, 0.2) is 30.3 Å². The van der Waals surface area contributed by atoms with Gasteiger partial charge in [-0.3, -0.25) is 0 Å². The van der Waals surface area contributed by atoms with Crippen molar-refractivity contribution in [1.82, 2.24) is 9.97 Å². The number of aromatic nitrogens is 2. The van der Waals surface area contributed by atoms with Crippen LogP contribution < -0.4 is 5.32 Å². The van der Waals surface area contributed by atoms with Gasteiger partial charge in [-0.25, -0.2) is 9.97 Å². The van der Waals surface area contributed by atoms with Crippen LogP contribution in [0.4, 0.5) is 5.82 Å². The number of rotatable bonds is 3. The van der Waals surface area contributed by atoms with Crippen LogP contribution in [-0.2, 0) is 6.42 Å². The Balaban J connectivity index is 1.90. The third-order valence-corrected chi connectivity index (χ3v) is 4.26. The Labute approximate surface area is 130 Å². The van der Waals surface area contributed by atoms with Crippen molar-refractivity contribution in [2.45, 2.75) is 44.5 Å². The zero-order valence-corrected chi connectivity index (χ0v) is 13.4. The molecule has 0 amide bonds. The van der Waals surface area contributed by atoms with Crippen molar-refractivity contribution in [3.05, 3.63) is 53.0 Å². The number of nitrogens with zero attached hydrogens (tertiary/aromatic N) is 2. The Morgan fingerprint density at radius 3 is 2.76 bits per heavy atom. The van der Waals surface area contributed by atoms with Gasteiger partial charge in [-0.15, -0.1) is 11.6 Å². The first-order valence-electron chi connectivity index (χ1n) is 7.38. The van der Waals surface area contributed by atoms with Gasteiger partial charge in [0.15, 0.2) is 0 Å². The normalized spacial score (nSPS) is 20.6. The number of alkyl halides is 1. The fraction of sp³-hybridized carbons (Fsp3) is 0.412. The van der Waals surface area contributed by atoms with Crippen LogP contribution in [0.5, 0.6) is 0 Å². The highest BCUT2D eigenvalue weighted by atomic mass is 35.5. The Morgan fingerprint density at radius 2 is 2.00 bits per heavy atom. The molecule has 0 radical (unpaired) electrons. The van der Waals surface area contributed by atoms with E-state index in [9.17, 15) is 0 Å². The summed E-state index contributed by atoms with van der Waals surface area (Å²) in [6.07, 6.45) is 0.899. The number of halogens is 1.